The van der Waals surface area contributed by atoms with Crippen LogP contribution in [-0.4, -0.2) is 18.2 Å². The lowest BCUT2D eigenvalue weighted by molar-refractivity contribution is -0.150. The van der Waals surface area contributed by atoms with E-state index in [1.807, 2.05) is 0 Å². The third-order valence-electron chi connectivity index (χ3n) is 1.28. The predicted molar refractivity (Wildman–Crippen MR) is 41.3 cm³/mol. The van der Waals surface area contributed by atoms with E-state index < -0.39 is 12.1 Å². The Kier molecular flexibility index (Phi) is 2.62. The Balaban J connectivity index is 2.70. The van der Waals surface area contributed by atoms with Crippen molar-refractivity contribution in [1.29, 1.82) is 0 Å². The molecule has 0 aromatic carbocycles. The number of thiophene rings is 1. The molecule has 0 aliphatic carbocycles. The van der Waals surface area contributed by atoms with Crippen LogP contribution in [0.15, 0.2) is 16.8 Å². The normalized spacial score (nSPS) is 12.5. The molecule has 3 nitrogen and oxygen atoms in total. The molecule has 0 fully saturated rings. The van der Waals surface area contributed by atoms with Crippen molar-refractivity contribution in [3.05, 3.63) is 22.4 Å². The molecule has 0 radical (unpaired) electrons. The molecular formula is C7H8O3S. The van der Waals surface area contributed by atoms with Crippen molar-refractivity contribution in [2.75, 3.05) is 7.11 Å². The Morgan fingerprint density at radius 3 is 3.00 bits per heavy atom. The average Bonchev–Trinajstić information content (AvgIpc) is 2.53. The summed E-state index contributed by atoms with van der Waals surface area (Å²) in [4.78, 5) is 10.7. The number of hydrogen-bond donors (Lipinski definition) is 1. The van der Waals surface area contributed by atoms with E-state index in [0.717, 1.165) is 0 Å². The summed E-state index contributed by atoms with van der Waals surface area (Å²) in [5.74, 6) is -0.622. The van der Waals surface area contributed by atoms with Gasteiger partial charge in [-0.3, -0.25) is 0 Å². The van der Waals surface area contributed by atoms with Crippen LogP contribution in [0.5, 0.6) is 0 Å². The summed E-state index contributed by atoms with van der Waals surface area (Å²) < 4.78 is 4.35. The Morgan fingerprint density at radius 2 is 2.55 bits per heavy atom. The van der Waals surface area contributed by atoms with Crippen LogP contribution in [0.25, 0.3) is 0 Å². The highest BCUT2D eigenvalue weighted by Gasteiger charge is 2.17. The molecule has 1 heterocycles. The van der Waals surface area contributed by atoms with Gasteiger partial charge in [0.15, 0.2) is 6.10 Å². The summed E-state index contributed by atoms with van der Waals surface area (Å²) in [6.45, 7) is 0. The summed E-state index contributed by atoms with van der Waals surface area (Å²) in [5, 5.41) is 12.7. The molecule has 1 aromatic rings. The zero-order valence-electron chi connectivity index (χ0n) is 5.98. The number of methoxy groups -OCH3 is 1. The predicted octanol–water partition coefficient (Wildman–Crippen LogP) is 0.954. The largest absolute Gasteiger partial charge is 0.467 e. The lowest BCUT2D eigenvalue weighted by atomic mass is 10.2. The van der Waals surface area contributed by atoms with E-state index in [9.17, 15) is 9.90 Å². The van der Waals surface area contributed by atoms with Crippen LogP contribution in [0.1, 0.15) is 11.7 Å². The number of aliphatic hydroxyl groups excluding tert-OH is 1. The fraction of sp³-hybridized carbons (Fsp3) is 0.286. The lowest BCUT2D eigenvalue weighted by Crippen LogP contribution is -2.12. The maximum absolute atomic E-state index is 10.7. The SMILES string of the molecule is COC(=O)[C@H](O)c1ccsc1. The van der Waals surface area contributed by atoms with Gasteiger partial charge in [-0.1, -0.05) is 0 Å². The van der Waals surface area contributed by atoms with Crippen molar-refractivity contribution < 1.29 is 14.6 Å². The molecule has 0 saturated carbocycles. The molecular weight excluding hydrogens is 164 g/mol. The molecule has 0 aliphatic heterocycles. The first kappa shape index (κ1) is 8.23. The van der Waals surface area contributed by atoms with E-state index in [0.29, 0.717) is 5.56 Å². The minimum Gasteiger partial charge on any atom is -0.467 e. The minimum absolute atomic E-state index is 0.585. The third-order valence-corrected chi connectivity index (χ3v) is 1.98. The second-order valence-corrected chi connectivity index (χ2v) is 2.76. The molecule has 0 saturated heterocycles. The second-order valence-electron chi connectivity index (χ2n) is 1.98. The van der Waals surface area contributed by atoms with Gasteiger partial charge in [0.05, 0.1) is 7.11 Å². The number of carbonyl (C=O) groups is 1. The number of hydrogen-bond acceptors (Lipinski definition) is 4. The van der Waals surface area contributed by atoms with Crippen molar-refractivity contribution in [2.24, 2.45) is 0 Å². The van der Waals surface area contributed by atoms with Crippen molar-refractivity contribution in [1.82, 2.24) is 0 Å². The zero-order valence-corrected chi connectivity index (χ0v) is 6.80. The number of ether oxygens (including phenoxy) is 1. The summed E-state index contributed by atoms with van der Waals surface area (Å²) in [6.07, 6.45) is -1.13. The lowest BCUT2D eigenvalue weighted by Gasteiger charge is -2.04. The molecule has 1 N–H and O–H groups in total. The third kappa shape index (κ3) is 1.78. The highest BCUT2D eigenvalue weighted by molar-refractivity contribution is 7.08. The van der Waals surface area contributed by atoms with Crippen LogP contribution in [0.3, 0.4) is 0 Å². The van der Waals surface area contributed by atoms with Crippen LogP contribution < -0.4 is 0 Å². The Hall–Kier alpha value is -0.870. The van der Waals surface area contributed by atoms with Crippen molar-refractivity contribution in [3.8, 4) is 0 Å². The molecule has 0 unspecified atom stereocenters. The van der Waals surface area contributed by atoms with Crippen LogP contribution >= 0.6 is 11.3 Å². The van der Waals surface area contributed by atoms with Gasteiger partial charge in [-0.15, -0.1) is 0 Å². The standard InChI is InChI=1S/C7H8O3S/c1-10-7(9)6(8)5-2-3-11-4-5/h2-4,6,8H,1H3/t6-/m1/s1. The Bertz CT molecular complexity index is 230. The fourth-order valence-electron chi connectivity index (χ4n) is 0.678. The second kappa shape index (κ2) is 3.50. The van der Waals surface area contributed by atoms with E-state index in [1.54, 1.807) is 16.8 Å². The van der Waals surface area contributed by atoms with Crippen LogP contribution in [0, 0.1) is 0 Å². The molecule has 1 aromatic heterocycles. The number of aliphatic hydroxyl groups is 1. The topological polar surface area (TPSA) is 46.5 Å². The minimum atomic E-state index is -1.13. The molecule has 1 rings (SSSR count). The summed E-state index contributed by atoms with van der Waals surface area (Å²) >= 11 is 1.43. The van der Waals surface area contributed by atoms with Crippen LogP contribution in [-0.2, 0) is 9.53 Å². The van der Waals surface area contributed by atoms with Crippen molar-refractivity contribution in [2.45, 2.75) is 6.10 Å². The highest BCUT2D eigenvalue weighted by atomic mass is 32.1. The van der Waals surface area contributed by atoms with E-state index in [1.165, 1.54) is 18.4 Å². The van der Waals surface area contributed by atoms with E-state index >= 15 is 0 Å². The van der Waals surface area contributed by atoms with E-state index in [-0.39, 0.29) is 0 Å². The van der Waals surface area contributed by atoms with Crippen molar-refractivity contribution >= 4 is 17.3 Å². The van der Waals surface area contributed by atoms with Gasteiger partial charge in [0.1, 0.15) is 0 Å². The molecule has 11 heavy (non-hydrogen) atoms. The average molecular weight is 172 g/mol. The van der Waals surface area contributed by atoms with Gasteiger partial charge in [-0.05, 0) is 16.8 Å². The Labute approximate surface area is 68.2 Å². The summed E-state index contributed by atoms with van der Waals surface area (Å²) in [5.41, 5.74) is 0.585. The van der Waals surface area contributed by atoms with Gasteiger partial charge in [0.25, 0.3) is 0 Å². The number of carbonyl (C=O) groups excluding carboxylic acids is 1. The van der Waals surface area contributed by atoms with Crippen LogP contribution in [0.2, 0.25) is 0 Å². The first-order chi connectivity index (χ1) is 5.25. The smallest absolute Gasteiger partial charge is 0.339 e. The first-order valence-corrected chi connectivity index (χ1v) is 3.98. The quantitative estimate of drug-likeness (QED) is 0.676. The maximum atomic E-state index is 10.7. The first-order valence-electron chi connectivity index (χ1n) is 3.03. The van der Waals surface area contributed by atoms with E-state index in [4.69, 9.17) is 0 Å². The van der Waals surface area contributed by atoms with Gasteiger partial charge >= 0.3 is 5.97 Å². The highest BCUT2D eigenvalue weighted by Crippen LogP contribution is 2.16. The van der Waals surface area contributed by atoms with Crippen molar-refractivity contribution in [3.63, 3.8) is 0 Å². The van der Waals surface area contributed by atoms with Gasteiger partial charge < -0.3 is 9.84 Å². The summed E-state index contributed by atoms with van der Waals surface area (Å²) in [6, 6.07) is 1.69. The zero-order chi connectivity index (χ0) is 8.27. The molecule has 60 valence electrons. The van der Waals surface area contributed by atoms with Gasteiger partial charge in [0, 0.05) is 5.56 Å². The monoisotopic (exact) mass is 172 g/mol. The van der Waals surface area contributed by atoms with Gasteiger partial charge in [-0.25, -0.2) is 4.79 Å². The molecule has 1 atom stereocenters. The molecule has 0 spiro atoms. The molecule has 4 heteroatoms. The summed E-state index contributed by atoms with van der Waals surface area (Å²) in [7, 11) is 1.25. The molecule has 0 aliphatic rings. The van der Waals surface area contributed by atoms with E-state index in [2.05, 4.69) is 4.74 Å². The van der Waals surface area contributed by atoms with Gasteiger partial charge in [-0.2, -0.15) is 11.3 Å². The number of esters is 1. The number of rotatable bonds is 2. The fourth-order valence-corrected chi connectivity index (χ4v) is 1.36. The van der Waals surface area contributed by atoms with Crippen LogP contribution in [0.4, 0.5) is 0 Å². The maximum Gasteiger partial charge on any atom is 0.339 e. The molecule has 0 amide bonds. The molecule has 0 bridgehead atoms. The Morgan fingerprint density at radius 1 is 1.82 bits per heavy atom. The van der Waals surface area contributed by atoms with Gasteiger partial charge in [0.2, 0.25) is 0 Å².